The molecule has 0 N–H and O–H groups in total. The number of nitrogens with zero attached hydrogens (tertiary/aromatic N) is 1. The van der Waals surface area contributed by atoms with Crippen LogP contribution in [-0.4, -0.2) is 45.4 Å². The van der Waals surface area contributed by atoms with Gasteiger partial charge in [-0.05, 0) is 24.7 Å². The van der Waals surface area contributed by atoms with E-state index in [-0.39, 0.29) is 0 Å². The topological polar surface area (TPSA) is 21.7 Å². The van der Waals surface area contributed by atoms with E-state index in [4.69, 9.17) is 9.47 Å². The highest BCUT2D eigenvalue weighted by atomic mass is 16.5. The zero-order valence-electron chi connectivity index (χ0n) is 12.1. The number of hydrogen-bond acceptors (Lipinski definition) is 3. The molecule has 19 heavy (non-hydrogen) atoms. The van der Waals surface area contributed by atoms with Crippen LogP contribution in [0.15, 0.2) is 30.3 Å². The van der Waals surface area contributed by atoms with Crippen LogP contribution < -0.4 is 4.74 Å². The van der Waals surface area contributed by atoms with E-state index in [9.17, 15) is 0 Å². The average Bonchev–Trinajstić information content (AvgIpc) is 2.37. The van der Waals surface area contributed by atoms with Gasteiger partial charge in [-0.1, -0.05) is 31.2 Å². The van der Waals surface area contributed by atoms with Gasteiger partial charge >= 0.3 is 0 Å². The quantitative estimate of drug-likeness (QED) is 0.786. The molecule has 0 aromatic heterocycles. The predicted octanol–water partition coefficient (Wildman–Crippen LogP) is 2.68. The third kappa shape index (κ3) is 4.08. The van der Waals surface area contributed by atoms with Crippen molar-refractivity contribution in [3.63, 3.8) is 0 Å². The van der Waals surface area contributed by atoms with Crippen molar-refractivity contribution in [2.24, 2.45) is 5.41 Å². The first-order valence-corrected chi connectivity index (χ1v) is 6.68. The Bertz CT molecular complexity index is 421. The van der Waals surface area contributed by atoms with Crippen molar-refractivity contribution < 1.29 is 9.47 Å². The molecule has 0 spiro atoms. The van der Waals surface area contributed by atoms with Crippen LogP contribution in [0.3, 0.4) is 0 Å². The lowest BCUT2D eigenvalue weighted by molar-refractivity contribution is -0.111. The Morgan fingerprint density at radius 1 is 1.32 bits per heavy atom. The maximum atomic E-state index is 5.28. The van der Waals surface area contributed by atoms with Crippen molar-refractivity contribution in [3.05, 3.63) is 35.9 Å². The average molecular weight is 261 g/mol. The highest BCUT2D eigenvalue weighted by Crippen LogP contribution is 2.27. The Kier molecular flexibility index (Phi) is 4.61. The van der Waals surface area contributed by atoms with E-state index in [0.29, 0.717) is 5.41 Å². The van der Waals surface area contributed by atoms with E-state index in [2.05, 4.69) is 43.2 Å². The van der Waals surface area contributed by atoms with E-state index < -0.39 is 0 Å². The summed E-state index contributed by atoms with van der Waals surface area (Å²) in [5.74, 6) is 0.896. The Morgan fingerprint density at radius 3 is 2.53 bits per heavy atom. The number of hydrogen-bond donors (Lipinski definition) is 0. The van der Waals surface area contributed by atoms with Gasteiger partial charge in [-0.3, -0.25) is 0 Å². The lowest BCUT2D eigenvalue weighted by Gasteiger charge is -2.40. The highest BCUT2D eigenvalue weighted by Gasteiger charge is 2.33. The summed E-state index contributed by atoms with van der Waals surface area (Å²) in [6, 6.07) is 8.10. The van der Waals surface area contributed by atoms with E-state index in [1.54, 1.807) is 7.11 Å². The molecule has 0 saturated carbocycles. The van der Waals surface area contributed by atoms with Gasteiger partial charge in [-0.15, -0.1) is 0 Å². The van der Waals surface area contributed by atoms with Crippen molar-refractivity contribution in [1.29, 1.82) is 0 Å². The number of likely N-dealkylation sites (N-methyl/N-ethyl adjacent to an activating group) is 1. The van der Waals surface area contributed by atoms with E-state index in [1.165, 1.54) is 5.56 Å². The third-order valence-corrected chi connectivity index (χ3v) is 3.40. The lowest BCUT2D eigenvalue weighted by atomic mass is 9.88. The largest absolute Gasteiger partial charge is 0.497 e. The fourth-order valence-electron chi connectivity index (χ4n) is 2.34. The van der Waals surface area contributed by atoms with Gasteiger partial charge in [0.05, 0.1) is 20.3 Å². The summed E-state index contributed by atoms with van der Waals surface area (Å²) in [5.41, 5.74) is 1.55. The molecule has 3 heteroatoms. The third-order valence-electron chi connectivity index (χ3n) is 3.40. The van der Waals surface area contributed by atoms with Gasteiger partial charge < -0.3 is 14.4 Å². The summed E-state index contributed by atoms with van der Waals surface area (Å²) in [5, 5.41) is 0. The molecular weight excluding hydrogens is 238 g/mol. The molecule has 1 heterocycles. The van der Waals surface area contributed by atoms with Gasteiger partial charge in [0, 0.05) is 18.5 Å². The van der Waals surface area contributed by atoms with Crippen LogP contribution in [0, 0.1) is 5.41 Å². The van der Waals surface area contributed by atoms with Gasteiger partial charge in [-0.2, -0.15) is 0 Å². The van der Waals surface area contributed by atoms with E-state index in [0.717, 1.165) is 32.1 Å². The summed E-state index contributed by atoms with van der Waals surface area (Å²) in [6.45, 7) is 6.10. The van der Waals surface area contributed by atoms with Crippen LogP contribution in [0.4, 0.5) is 0 Å². The Labute approximate surface area is 115 Å². The maximum absolute atomic E-state index is 5.28. The van der Waals surface area contributed by atoms with Gasteiger partial charge in [0.1, 0.15) is 5.75 Å². The van der Waals surface area contributed by atoms with Gasteiger partial charge in [0.2, 0.25) is 0 Å². The maximum Gasteiger partial charge on any atom is 0.118 e. The van der Waals surface area contributed by atoms with Crippen LogP contribution in [0.1, 0.15) is 12.5 Å². The smallest absolute Gasteiger partial charge is 0.118 e. The van der Waals surface area contributed by atoms with Crippen LogP contribution in [0.5, 0.6) is 5.75 Å². The van der Waals surface area contributed by atoms with Crippen molar-refractivity contribution in [3.8, 4) is 5.75 Å². The molecule has 0 aliphatic carbocycles. The minimum absolute atomic E-state index is 0.350. The number of benzene rings is 1. The molecule has 0 radical (unpaired) electrons. The van der Waals surface area contributed by atoms with E-state index >= 15 is 0 Å². The number of methoxy groups -OCH3 is 1. The minimum atomic E-state index is 0.350. The standard InChI is InChI=1S/C16H23NO2/c1-16(12-19-13-16)11-17(2)10-4-5-14-6-8-15(18-3)9-7-14/h4-9H,10-13H2,1-3H3. The summed E-state index contributed by atoms with van der Waals surface area (Å²) in [6.07, 6.45) is 4.35. The summed E-state index contributed by atoms with van der Waals surface area (Å²) >= 11 is 0. The first-order valence-electron chi connectivity index (χ1n) is 6.68. The van der Waals surface area contributed by atoms with Crippen LogP contribution in [-0.2, 0) is 4.74 Å². The molecule has 0 unspecified atom stereocenters. The first kappa shape index (κ1) is 14.1. The SMILES string of the molecule is COc1ccc(C=CCN(C)CC2(C)COC2)cc1. The summed E-state index contributed by atoms with van der Waals surface area (Å²) in [4.78, 5) is 2.34. The predicted molar refractivity (Wildman–Crippen MR) is 78.5 cm³/mol. The Morgan fingerprint density at radius 2 is 2.00 bits per heavy atom. The van der Waals surface area contributed by atoms with Crippen molar-refractivity contribution in [2.45, 2.75) is 6.92 Å². The molecule has 0 amide bonds. The Hall–Kier alpha value is -1.32. The fourth-order valence-corrected chi connectivity index (χ4v) is 2.34. The molecule has 1 fully saturated rings. The summed E-state index contributed by atoms with van der Waals surface area (Å²) in [7, 11) is 3.84. The van der Waals surface area contributed by atoms with Crippen LogP contribution >= 0.6 is 0 Å². The molecule has 1 saturated heterocycles. The van der Waals surface area contributed by atoms with Gasteiger partial charge in [-0.25, -0.2) is 0 Å². The number of rotatable bonds is 6. The molecule has 1 aliphatic heterocycles. The molecule has 1 aliphatic rings. The second-order valence-corrected chi connectivity index (χ2v) is 5.68. The zero-order chi connectivity index (χ0) is 13.7. The second-order valence-electron chi connectivity index (χ2n) is 5.68. The van der Waals surface area contributed by atoms with Gasteiger partial charge in [0.15, 0.2) is 0 Å². The molecule has 0 bridgehead atoms. The molecule has 3 nitrogen and oxygen atoms in total. The molecule has 1 aromatic rings. The van der Waals surface area contributed by atoms with Crippen molar-refractivity contribution >= 4 is 6.08 Å². The van der Waals surface area contributed by atoms with Crippen molar-refractivity contribution in [2.75, 3.05) is 40.5 Å². The number of ether oxygens (including phenoxy) is 2. The normalized spacial score (nSPS) is 17.7. The van der Waals surface area contributed by atoms with Crippen LogP contribution in [0.2, 0.25) is 0 Å². The van der Waals surface area contributed by atoms with Gasteiger partial charge in [0.25, 0.3) is 0 Å². The van der Waals surface area contributed by atoms with E-state index in [1.807, 2.05) is 12.1 Å². The van der Waals surface area contributed by atoms with Crippen molar-refractivity contribution in [1.82, 2.24) is 4.90 Å². The summed E-state index contributed by atoms with van der Waals surface area (Å²) < 4.78 is 10.4. The first-order chi connectivity index (χ1) is 9.11. The minimum Gasteiger partial charge on any atom is -0.497 e. The Balaban J connectivity index is 1.78. The molecule has 1 aromatic carbocycles. The molecular formula is C16H23NO2. The second kappa shape index (κ2) is 6.22. The lowest BCUT2D eigenvalue weighted by Crippen LogP contribution is -2.47. The zero-order valence-corrected chi connectivity index (χ0v) is 12.1. The molecule has 2 rings (SSSR count). The van der Waals surface area contributed by atoms with Crippen LogP contribution in [0.25, 0.3) is 6.08 Å². The monoisotopic (exact) mass is 261 g/mol. The molecule has 0 atom stereocenters. The molecule has 104 valence electrons. The fraction of sp³-hybridized carbons (Fsp3) is 0.500. The highest BCUT2D eigenvalue weighted by molar-refractivity contribution is 5.50.